The fraction of sp³-hybridized carbons (Fsp3) is 0.400. The third-order valence-electron chi connectivity index (χ3n) is 4.85. The first-order chi connectivity index (χ1) is 13.6. The Balaban J connectivity index is 1.46. The first-order valence-electron chi connectivity index (χ1n) is 9.56. The maximum absolute atomic E-state index is 12.7. The molecule has 3 aromatic heterocycles. The number of hydrogen-bond donors (Lipinski definition) is 1. The lowest BCUT2D eigenvalue weighted by atomic mass is 10.1. The van der Waals surface area contributed by atoms with E-state index in [2.05, 4.69) is 25.3 Å². The zero-order valence-corrected chi connectivity index (χ0v) is 17.0. The third kappa shape index (κ3) is 4.06. The number of piperidine rings is 1. The van der Waals surface area contributed by atoms with Gasteiger partial charge in [-0.15, -0.1) is 11.3 Å². The lowest BCUT2D eigenvalue weighted by Crippen LogP contribution is -2.32. The van der Waals surface area contributed by atoms with Gasteiger partial charge >= 0.3 is 0 Å². The van der Waals surface area contributed by atoms with E-state index in [4.69, 9.17) is 0 Å². The van der Waals surface area contributed by atoms with E-state index in [9.17, 15) is 4.79 Å². The highest BCUT2D eigenvalue weighted by Gasteiger charge is 2.17. The molecule has 3 aromatic rings. The molecule has 0 radical (unpaired) electrons. The predicted octanol–water partition coefficient (Wildman–Crippen LogP) is 3.17. The van der Waals surface area contributed by atoms with Crippen LogP contribution >= 0.6 is 11.3 Å². The van der Waals surface area contributed by atoms with Crippen LogP contribution in [0.2, 0.25) is 0 Å². The second kappa shape index (κ2) is 8.10. The molecular formula is C20H24N6OS. The molecular weight excluding hydrogens is 372 g/mol. The standard InChI is InChI=1S/C20H24N6OS/c1-14-11-15(23-20(22-14)26-8-4-3-5-9-26)13-21-19(27)17-12-16(24-25(17)2)18-7-6-10-28-18/h6-7,10-12H,3-5,8-9,13H2,1-2H3,(H,21,27). The van der Waals surface area contributed by atoms with E-state index in [1.807, 2.05) is 36.6 Å². The van der Waals surface area contributed by atoms with E-state index >= 15 is 0 Å². The summed E-state index contributed by atoms with van der Waals surface area (Å²) in [7, 11) is 1.79. The molecule has 0 saturated carbocycles. The molecule has 0 bridgehead atoms. The number of nitrogens with zero attached hydrogens (tertiary/aromatic N) is 5. The number of thiophene rings is 1. The molecule has 0 spiro atoms. The van der Waals surface area contributed by atoms with Crippen molar-refractivity contribution in [3.63, 3.8) is 0 Å². The van der Waals surface area contributed by atoms with Crippen LogP contribution in [0.25, 0.3) is 10.6 Å². The Kier molecular flexibility index (Phi) is 5.38. The van der Waals surface area contributed by atoms with Crippen LogP contribution in [0, 0.1) is 6.92 Å². The summed E-state index contributed by atoms with van der Waals surface area (Å²) in [5.74, 6) is 0.609. The summed E-state index contributed by atoms with van der Waals surface area (Å²) in [4.78, 5) is 25.2. The van der Waals surface area contributed by atoms with Crippen molar-refractivity contribution in [2.45, 2.75) is 32.7 Å². The maximum atomic E-state index is 12.7. The average Bonchev–Trinajstić information content (AvgIpc) is 3.36. The minimum absolute atomic E-state index is 0.159. The van der Waals surface area contributed by atoms with Crippen LogP contribution < -0.4 is 10.2 Å². The lowest BCUT2D eigenvalue weighted by molar-refractivity contribution is 0.0941. The van der Waals surface area contributed by atoms with E-state index in [-0.39, 0.29) is 5.91 Å². The molecule has 1 aliphatic heterocycles. The van der Waals surface area contributed by atoms with Crippen molar-refractivity contribution >= 4 is 23.2 Å². The van der Waals surface area contributed by atoms with Gasteiger partial charge in [-0.3, -0.25) is 9.48 Å². The van der Waals surface area contributed by atoms with Crippen LogP contribution in [0.4, 0.5) is 5.95 Å². The molecule has 1 fully saturated rings. The Hall–Kier alpha value is -2.74. The molecule has 0 aromatic carbocycles. The van der Waals surface area contributed by atoms with Crippen LogP contribution in [0.1, 0.15) is 41.1 Å². The van der Waals surface area contributed by atoms with E-state index in [0.29, 0.717) is 12.2 Å². The largest absolute Gasteiger partial charge is 0.345 e. The molecule has 1 aliphatic rings. The van der Waals surface area contributed by atoms with Crippen LogP contribution in [-0.4, -0.2) is 38.7 Å². The quantitative estimate of drug-likeness (QED) is 0.717. The van der Waals surface area contributed by atoms with Gasteiger partial charge in [0.15, 0.2) is 0 Å². The van der Waals surface area contributed by atoms with Crippen LogP contribution in [0.5, 0.6) is 0 Å². The van der Waals surface area contributed by atoms with Gasteiger partial charge in [-0.25, -0.2) is 9.97 Å². The zero-order valence-electron chi connectivity index (χ0n) is 16.2. The highest BCUT2D eigenvalue weighted by molar-refractivity contribution is 7.13. The number of carbonyl (C=O) groups excluding carboxylic acids is 1. The number of amides is 1. The van der Waals surface area contributed by atoms with E-state index < -0.39 is 0 Å². The van der Waals surface area contributed by atoms with Crippen molar-refractivity contribution in [1.29, 1.82) is 0 Å². The normalized spacial score (nSPS) is 14.3. The van der Waals surface area contributed by atoms with E-state index in [1.54, 1.807) is 23.1 Å². The van der Waals surface area contributed by atoms with Gasteiger partial charge in [-0.1, -0.05) is 6.07 Å². The summed E-state index contributed by atoms with van der Waals surface area (Å²) >= 11 is 1.61. The molecule has 1 N–H and O–H groups in total. The molecule has 0 unspecified atom stereocenters. The number of aromatic nitrogens is 4. The molecule has 1 saturated heterocycles. The highest BCUT2D eigenvalue weighted by atomic mass is 32.1. The number of anilines is 1. The van der Waals surface area contributed by atoms with Crippen molar-refractivity contribution in [3.05, 3.63) is 46.7 Å². The third-order valence-corrected chi connectivity index (χ3v) is 5.74. The van der Waals surface area contributed by atoms with Crippen molar-refractivity contribution in [3.8, 4) is 10.6 Å². The van der Waals surface area contributed by atoms with Gasteiger partial charge in [-0.05, 0) is 49.8 Å². The predicted molar refractivity (Wildman–Crippen MR) is 111 cm³/mol. The van der Waals surface area contributed by atoms with E-state index in [1.165, 1.54) is 19.3 Å². The Bertz CT molecular complexity index is 959. The Morgan fingerprint density at radius 1 is 1.21 bits per heavy atom. The molecule has 1 amide bonds. The van der Waals surface area contributed by atoms with Gasteiger partial charge < -0.3 is 10.2 Å². The lowest BCUT2D eigenvalue weighted by Gasteiger charge is -2.27. The molecule has 146 valence electrons. The van der Waals surface area contributed by atoms with Crippen molar-refractivity contribution in [2.75, 3.05) is 18.0 Å². The summed E-state index contributed by atoms with van der Waals surface area (Å²) < 4.78 is 1.62. The summed E-state index contributed by atoms with van der Waals surface area (Å²) in [6.45, 7) is 4.32. The molecule has 7 nitrogen and oxygen atoms in total. The highest BCUT2D eigenvalue weighted by Crippen LogP contribution is 2.24. The summed E-state index contributed by atoms with van der Waals surface area (Å²) in [5, 5.41) is 9.42. The number of nitrogens with one attached hydrogen (secondary N) is 1. The number of carbonyl (C=O) groups is 1. The second-order valence-electron chi connectivity index (χ2n) is 7.05. The van der Waals surface area contributed by atoms with Crippen LogP contribution in [0.3, 0.4) is 0 Å². The molecule has 8 heteroatoms. The van der Waals surface area contributed by atoms with Gasteiger partial charge in [0.25, 0.3) is 5.91 Å². The maximum Gasteiger partial charge on any atom is 0.269 e. The second-order valence-corrected chi connectivity index (χ2v) is 7.99. The minimum Gasteiger partial charge on any atom is -0.345 e. The Morgan fingerprint density at radius 3 is 2.79 bits per heavy atom. The van der Waals surface area contributed by atoms with Crippen molar-refractivity contribution in [1.82, 2.24) is 25.1 Å². The minimum atomic E-state index is -0.159. The SMILES string of the molecule is Cc1cc(CNC(=O)c2cc(-c3cccs3)nn2C)nc(N2CCCCC2)n1. The number of rotatable bonds is 5. The van der Waals surface area contributed by atoms with Crippen molar-refractivity contribution < 1.29 is 4.79 Å². The summed E-state index contributed by atoms with van der Waals surface area (Å²) in [6, 6.07) is 7.73. The Labute approximate surface area is 168 Å². The Morgan fingerprint density at radius 2 is 2.04 bits per heavy atom. The molecule has 0 atom stereocenters. The van der Waals surface area contributed by atoms with Crippen molar-refractivity contribution in [2.24, 2.45) is 7.05 Å². The molecule has 0 aliphatic carbocycles. The molecule has 28 heavy (non-hydrogen) atoms. The van der Waals surface area contributed by atoms with Crippen LogP contribution in [0.15, 0.2) is 29.6 Å². The zero-order chi connectivity index (χ0) is 19.5. The fourth-order valence-electron chi connectivity index (χ4n) is 3.43. The van der Waals surface area contributed by atoms with Gasteiger partial charge in [0.05, 0.1) is 17.1 Å². The first kappa shape index (κ1) is 18.6. The monoisotopic (exact) mass is 396 g/mol. The molecule has 4 heterocycles. The van der Waals surface area contributed by atoms with Gasteiger partial charge in [-0.2, -0.15) is 5.10 Å². The fourth-order valence-corrected chi connectivity index (χ4v) is 4.11. The molecule has 4 rings (SSSR count). The summed E-state index contributed by atoms with van der Waals surface area (Å²) in [6.07, 6.45) is 3.62. The number of aryl methyl sites for hydroxylation is 2. The number of hydrogen-bond acceptors (Lipinski definition) is 6. The smallest absolute Gasteiger partial charge is 0.269 e. The first-order valence-corrected chi connectivity index (χ1v) is 10.4. The summed E-state index contributed by atoms with van der Waals surface area (Å²) in [5.41, 5.74) is 3.08. The topological polar surface area (TPSA) is 75.9 Å². The van der Waals surface area contributed by atoms with Gasteiger partial charge in [0, 0.05) is 25.8 Å². The van der Waals surface area contributed by atoms with Gasteiger partial charge in [0.1, 0.15) is 11.4 Å². The van der Waals surface area contributed by atoms with E-state index in [0.717, 1.165) is 41.0 Å². The van der Waals surface area contributed by atoms with Crippen LogP contribution in [-0.2, 0) is 13.6 Å². The van der Waals surface area contributed by atoms with Gasteiger partial charge in [0.2, 0.25) is 5.95 Å². The average molecular weight is 397 g/mol.